The molecule has 0 unspecified atom stereocenters. The van der Waals surface area contributed by atoms with E-state index in [0.717, 1.165) is 19.7 Å². The number of hydrogen-bond acceptors (Lipinski definition) is 6. The molecule has 0 saturated heterocycles. The van der Waals surface area contributed by atoms with E-state index < -0.39 is 17.4 Å². The Balaban J connectivity index is 3.26. The Kier molecular flexibility index (Phi) is 5.76. The Labute approximate surface area is 115 Å². The quantitative estimate of drug-likeness (QED) is 0.621. The van der Waals surface area contributed by atoms with Gasteiger partial charge in [-0.05, 0) is 6.42 Å². The fraction of sp³-hybridized carbons (Fsp3) is 0.462. The lowest BCUT2D eigenvalue weighted by Crippen LogP contribution is -2.23. The molecule has 1 heterocycles. The summed E-state index contributed by atoms with van der Waals surface area (Å²) in [6.07, 6.45) is 2.68. The second-order valence-corrected chi connectivity index (χ2v) is 3.92. The maximum absolute atomic E-state index is 12.2. The van der Waals surface area contributed by atoms with E-state index in [1.807, 2.05) is 6.92 Å². The van der Waals surface area contributed by atoms with Crippen molar-refractivity contribution in [3.63, 3.8) is 0 Å². The van der Waals surface area contributed by atoms with E-state index in [9.17, 15) is 14.4 Å². The molecule has 0 aliphatic carbocycles. The number of aromatic amines is 1. The molecule has 110 valence electrons. The van der Waals surface area contributed by atoms with Gasteiger partial charge in [0.2, 0.25) is 5.43 Å². The van der Waals surface area contributed by atoms with Crippen molar-refractivity contribution in [2.45, 2.75) is 19.8 Å². The van der Waals surface area contributed by atoms with Gasteiger partial charge in [-0.15, -0.1) is 0 Å². The molecule has 1 N–H and O–H groups in total. The highest BCUT2D eigenvalue weighted by Gasteiger charge is 2.22. The first-order valence-corrected chi connectivity index (χ1v) is 6.11. The van der Waals surface area contributed by atoms with Gasteiger partial charge in [0.05, 0.1) is 20.8 Å². The Morgan fingerprint density at radius 2 is 1.85 bits per heavy atom. The minimum absolute atomic E-state index is 0.124. The fourth-order valence-corrected chi connectivity index (χ4v) is 1.48. The SMILES string of the molecule is CCCCOc1c(C(=O)OC)[nH]cc(C(=O)OC)c1=O. The largest absolute Gasteiger partial charge is 0.487 e. The van der Waals surface area contributed by atoms with E-state index in [-0.39, 0.29) is 23.6 Å². The average Bonchev–Trinajstić information content (AvgIpc) is 2.47. The normalized spacial score (nSPS) is 9.95. The van der Waals surface area contributed by atoms with Gasteiger partial charge in [0.15, 0.2) is 11.4 Å². The zero-order chi connectivity index (χ0) is 15.1. The third-order valence-corrected chi connectivity index (χ3v) is 2.58. The molecule has 0 saturated carbocycles. The maximum atomic E-state index is 12.2. The van der Waals surface area contributed by atoms with Crippen molar-refractivity contribution >= 4 is 11.9 Å². The number of carbonyl (C=O) groups excluding carboxylic acids is 2. The number of methoxy groups -OCH3 is 2. The van der Waals surface area contributed by atoms with E-state index in [0.29, 0.717) is 6.42 Å². The maximum Gasteiger partial charge on any atom is 0.358 e. The van der Waals surface area contributed by atoms with Crippen LogP contribution in [0.3, 0.4) is 0 Å². The van der Waals surface area contributed by atoms with Gasteiger partial charge in [-0.3, -0.25) is 4.79 Å². The topological polar surface area (TPSA) is 94.7 Å². The fourth-order valence-electron chi connectivity index (χ4n) is 1.48. The van der Waals surface area contributed by atoms with Crippen LogP contribution in [0.2, 0.25) is 0 Å². The molecule has 0 spiro atoms. The molecule has 0 atom stereocenters. The summed E-state index contributed by atoms with van der Waals surface area (Å²) in [6.45, 7) is 2.22. The van der Waals surface area contributed by atoms with Gasteiger partial charge in [-0.25, -0.2) is 9.59 Å². The highest BCUT2D eigenvalue weighted by Crippen LogP contribution is 2.14. The van der Waals surface area contributed by atoms with E-state index in [1.165, 1.54) is 7.11 Å². The number of H-pyrrole nitrogens is 1. The standard InChI is InChI=1S/C13H17NO6/c1-4-5-6-20-11-9(13(17)19-3)14-7-8(10(11)15)12(16)18-2/h7H,4-6H2,1-3H3,(H,14,15). The van der Waals surface area contributed by atoms with Crippen LogP contribution < -0.4 is 10.2 Å². The van der Waals surface area contributed by atoms with Gasteiger partial charge < -0.3 is 19.2 Å². The van der Waals surface area contributed by atoms with Crippen molar-refractivity contribution < 1.29 is 23.8 Å². The minimum Gasteiger partial charge on any atom is -0.487 e. The second-order valence-electron chi connectivity index (χ2n) is 3.92. The van der Waals surface area contributed by atoms with E-state index >= 15 is 0 Å². The van der Waals surface area contributed by atoms with E-state index in [1.54, 1.807) is 0 Å². The predicted octanol–water partition coefficient (Wildman–Crippen LogP) is 1.13. The Bertz CT molecular complexity index is 548. The van der Waals surface area contributed by atoms with Crippen LogP contribution in [0.15, 0.2) is 11.0 Å². The number of unbranched alkanes of at least 4 members (excludes halogenated alkanes) is 1. The molecule has 0 radical (unpaired) electrons. The lowest BCUT2D eigenvalue weighted by atomic mass is 10.2. The first-order chi connectivity index (χ1) is 9.56. The van der Waals surface area contributed by atoms with Crippen LogP contribution in [0, 0.1) is 0 Å². The number of esters is 2. The molecular formula is C13H17NO6. The molecule has 0 aliphatic rings. The number of pyridine rings is 1. The van der Waals surface area contributed by atoms with Gasteiger partial charge in [-0.2, -0.15) is 0 Å². The van der Waals surface area contributed by atoms with Gasteiger partial charge in [0, 0.05) is 6.20 Å². The van der Waals surface area contributed by atoms with Gasteiger partial charge in [0.25, 0.3) is 0 Å². The van der Waals surface area contributed by atoms with Crippen molar-refractivity contribution in [3.8, 4) is 5.75 Å². The van der Waals surface area contributed by atoms with Crippen LogP contribution in [0.4, 0.5) is 0 Å². The smallest absolute Gasteiger partial charge is 0.358 e. The summed E-state index contributed by atoms with van der Waals surface area (Å²) in [5, 5.41) is 0. The zero-order valence-electron chi connectivity index (χ0n) is 11.6. The zero-order valence-corrected chi connectivity index (χ0v) is 11.6. The monoisotopic (exact) mass is 283 g/mol. The Hall–Kier alpha value is -2.31. The van der Waals surface area contributed by atoms with Crippen molar-refractivity contribution in [3.05, 3.63) is 27.7 Å². The van der Waals surface area contributed by atoms with Crippen LogP contribution >= 0.6 is 0 Å². The first-order valence-electron chi connectivity index (χ1n) is 6.11. The molecule has 0 amide bonds. The number of hydrogen-bond donors (Lipinski definition) is 1. The van der Waals surface area contributed by atoms with Crippen LogP contribution in [0.1, 0.15) is 40.6 Å². The van der Waals surface area contributed by atoms with Crippen molar-refractivity contribution in [2.75, 3.05) is 20.8 Å². The number of ether oxygens (including phenoxy) is 3. The summed E-state index contributed by atoms with van der Waals surface area (Å²) in [7, 11) is 2.35. The molecule has 20 heavy (non-hydrogen) atoms. The van der Waals surface area contributed by atoms with Crippen molar-refractivity contribution in [1.29, 1.82) is 0 Å². The predicted molar refractivity (Wildman–Crippen MR) is 70.1 cm³/mol. The minimum atomic E-state index is -0.803. The molecule has 7 heteroatoms. The highest BCUT2D eigenvalue weighted by molar-refractivity contribution is 5.93. The number of carbonyl (C=O) groups is 2. The summed E-state index contributed by atoms with van der Waals surface area (Å²) < 4.78 is 14.4. The van der Waals surface area contributed by atoms with Gasteiger partial charge in [-0.1, -0.05) is 13.3 Å². The van der Waals surface area contributed by atoms with E-state index in [4.69, 9.17) is 4.74 Å². The molecule has 0 bridgehead atoms. The number of aromatic nitrogens is 1. The van der Waals surface area contributed by atoms with Crippen LogP contribution in [0.5, 0.6) is 5.75 Å². The third-order valence-electron chi connectivity index (χ3n) is 2.58. The molecule has 1 aromatic rings. The molecule has 1 rings (SSSR count). The van der Waals surface area contributed by atoms with Crippen molar-refractivity contribution in [1.82, 2.24) is 4.98 Å². The molecule has 7 nitrogen and oxygen atoms in total. The van der Waals surface area contributed by atoms with Crippen molar-refractivity contribution in [2.24, 2.45) is 0 Å². The first kappa shape index (κ1) is 15.7. The summed E-state index contributed by atoms with van der Waals surface area (Å²) in [6, 6.07) is 0. The summed E-state index contributed by atoms with van der Waals surface area (Å²) >= 11 is 0. The molecule has 0 aromatic carbocycles. The lowest BCUT2D eigenvalue weighted by Gasteiger charge is -2.10. The molecule has 1 aromatic heterocycles. The van der Waals surface area contributed by atoms with Crippen LogP contribution in [-0.4, -0.2) is 37.7 Å². The Morgan fingerprint density at radius 1 is 1.20 bits per heavy atom. The lowest BCUT2D eigenvalue weighted by molar-refractivity contribution is 0.0574. The molecular weight excluding hydrogens is 266 g/mol. The second kappa shape index (κ2) is 7.32. The van der Waals surface area contributed by atoms with Crippen LogP contribution in [-0.2, 0) is 9.47 Å². The molecule has 0 fully saturated rings. The highest BCUT2D eigenvalue weighted by atomic mass is 16.5. The summed E-state index contributed by atoms with van der Waals surface area (Å²) in [5.41, 5.74) is -1.06. The van der Waals surface area contributed by atoms with E-state index in [2.05, 4.69) is 14.5 Å². The van der Waals surface area contributed by atoms with Gasteiger partial charge >= 0.3 is 11.9 Å². The molecule has 0 aliphatic heterocycles. The van der Waals surface area contributed by atoms with Gasteiger partial charge in [0.1, 0.15) is 5.56 Å². The summed E-state index contributed by atoms with van der Waals surface area (Å²) in [4.78, 5) is 37.7. The number of rotatable bonds is 6. The average molecular weight is 283 g/mol. The third kappa shape index (κ3) is 3.37. The van der Waals surface area contributed by atoms with Crippen LogP contribution in [0.25, 0.3) is 0 Å². The number of nitrogens with one attached hydrogen (secondary N) is 1. The Morgan fingerprint density at radius 3 is 2.40 bits per heavy atom. The summed E-state index contributed by atoms with van der Waals surface area (Å²) in [5.74, 6) is -1.78.